The van der Waals surface area contributed by atoms with Gasteiger partial charge in [-0.15, -0.1) is 0 Å². The minimum absolute atomic E-state index is 0.145. The third-order valence-electron chi connectivity index (χ3n) is 3.72. The third kappa shape index (κ3) is 3.08. The molecule has 1 aliphatic carbocycles. The maximum atomic E-state index is 9.36. The number of aliphatic hydroxyl groups excluding tert-OH is 1. The zero-order valence-corrected chi connectivity index (χ0v) is 12.4. The molecule has 1 fully saturated rings. The molecule has 0 amide bonds. The summed E-state index contributed by atoms with van der Waals surface area (Å²) in [7, 11) is 0. The fourth-order valence-electron chi connectivity index (χ4n) is 2.55. The van der Waals surface area contributed by atoms with Crippen LogP contribution in [0.2, 0.25) is 0 Å². The summed E-state index contributed by atoms with van der Waals surface area (Å²) in [5, 5.41) is 13.7. The van der Waals surface area contributed by atoms with E-state index in [-0.39, 0.29) is 6.61 Å². The maximum absolute atomic E-state index is 9.36. The fourth-order valence-corrected chi connectivity index (χ4v) is 2.55. The molecule has 5 heteroatoms. The fraction of sp³-hybridized carbons (Fsp3) is 0.500. The lowest BCUT2D eigenvalue weighted by molar-refractivity contribution is 0.301. The topological polar surface area (TPSA) is 61.3 Å². The monoisotopic (exact) mass is 286 g/mol. The Labute approximate surface area is 125 Å². The molecule has 5 nitrogen and oxygen atoms in total. The predicted octanol–water partition coefficient (Wildman–Crippen LogP) is 2.41. The number of rotatable bonds is 7. The second kappa shape index (κ2) is 6.26. The molecular weight excluding hydrogens is 264 g/mol. The quantitative estimate of drug-likeness (QED) is 0.818. The first-order valence-electron chi connectivity index (χ1n) is 7.71. The highest BCUT2D eigenvalue weighted by Gasteiger charge is 2.31. The summed E-state index contributed by atoms with van der Waals surface area (Å²) in [5.41, 5.74) is 0.949. The molecule has 0 radical (unpaired) electrons. The van der Waals surface area contributed by atoms with Crippen LogP contribution < -0.4 is 10.2 Å². The minimum atomic E-state index is 0.145. The molecule has 2 N–H and O–H groups in total. The van der Waals surface area contributed by atoms with E-state index in [4.69, 9.17) is 4.98 Å². The summed E-state index contributed by atoms with van der Waals surface area (Å²) in [5.74, 6) is 1.62. The van der Waals surface area contributed by atoms with Gasteiger partial charge in [0.05, 0.1) is 12.1 Å². The van der Waals surface area contributed by atoms with Crippen molar-refractivity contribution in [1.82, 2.24) is 9.97 Å². The highest BCUT2D eigenvalue weighted by Crippen LogP contribution is 2.34. The number of aliphatic hydroxyl groups is 1. The van der Waals surface area contributed by atoms with Crippen molar-refractivity contribution in [2.24, 2.45) is 0 Å². The lowest BCUT2D eigenvalue weighted by Crippen LogP contribution is -2.30. The highest BCUT2D eigenvalue weighted by atomic mass is 16.3. The molecule has 21 heavy (non-hydrogen) atoms. The van der Waals surface area contributed by atoms with Crippen LogP contribution in [0.1, 0.15) is 26.2 Å². The first-order valence-corrected chi connectivity index (χ1v) is 7.71. The number of aromatic nitrogens is 2. The van der Waals surface area contributed by atoms with Gasteiger partial charge >= 0.3 is 0 Å². The molecule has 0 atom stereocenters. The van der Waals surface area contributed by atoms with Gasteiger partial charge in [0.2, 0.25) is 5.95 Å². The average molecular weight is 286 g/mol. The van der Waals surface area contributed by atoms with Crippen molar-refractivity contribution in [1.29, 1.82) is 0 Å². The van der Waals surface area contributed by atoms with Gasteiger partial charge in [0.15, 0.2) is 0 Å². The summed E-state index contributed by atoms with van der Waals surface area (Å²) in [6, 6.07) is 8.59. The molecule has 0 bridgehead atoms. The molecule has 1 heterocycles. The molecule has 3 rings (SSSR count). The van der Waals surface area contributed by atoms with E-state index in [9.17, 15) is 5.11 Å². The van der Waals surface area contributed by atoms with E-state index in [2.05, 4.69) is 28.2 Å². The van der Waals surface area contributed by atoms with Gasteiger partial charge in [0.25, 0.3) is 0 Å². The van der Waals surface area contributed by atoms with Crippen LogP contribution >= 0.6 is 0 Å². The summed E-state index contributed by atoms with van der Waals surface area (Å²) in [6.07, 6.45) is 3.39. The van der Waals surface area contributed by atoms with Crippen molar-refractivity contribution in [3.63, 3.8) is 0 Å². The third-order valence-corrected chi connectivity index (χ3v) is 3.72. The summed E-state index contributed by atoms with van der Waals surface area (Å²) >= 11 is 0. The Balaban J connectivity index is 2.04. The van der Waals surface area contributed by atoms with Gasteiger partial charge in [-0.3, -0.25) is 0 Å². The standard InChI is InChI=1S/C16H22N4O/c1-2-9-17-16-18-14-6-4-3-5-13(14)15(19-16)20(10-11-21)12-7-8-12/h3-6,12,21H,2,7-11H2,1H3,(H,17,18,19). The van der Waals surface area contributed by atoms with Crippen LogP contribution in [0.4, 0.5) is 11.8 Å². The average Bonchev–Trinajstić information content (AvgIpc) is 3.34. The molecule has 0 unspecified atom stereocenters. The van der Waals surface area contributed by atoms with Crippen molar-refractivity contribution >= 4 is 22.7 Å². The van der Waals surface area contributed by atoms with Gasteiger partial charge in [-0.1, -0.05) is 19.1 Å². The molecule has 1 aromatic carbocycles. The van der Waals surface area contributed by atoms with Crippen molar-refractivity contribution in [2.45, 2.75) is 32.2 Å². The van der Waals surface area contributed by atoms with Gasteiger partial charge in [-0.2, -0.15) is 4.98 Å². The second-order valence-corrected chi connectivity index (χ2v) is 5.46. The Morgan fingerprint density at radius 1 is 1.29 bits per heavy atom. The number of para-hydroxylation sites is 1. The largest absolute Gasteiger partial charge is 0.395 e. The van der Waals surface area contributed by atoms with E-state index in [1.165, 1.54) is 12.8 Å². The highest BCUT2D eigenvalue weighted by molar-refractivity contribution is 5.90. The van der Waals surface area contributed by atoms with Gasteiger partial charge in [0, 0.05) is 24.5 Å². The van der Waals surface area contributed by atoms with Crippen LogP contribution in [0.15, 0.2) is 24.3 Å². The molecule has 0 aliphatic heterocycles. The van der Waals surface area contributed by atoms with Crippen molar-refractivity contribution in [3.05, 3.63) is 24.3 Å². The number of benzene rings is 1. The Bertz CT molecular complexity index is 612. The Kier molecular flexibility index (Phi) is 4.20. The molecule has 112 valence electrons. The van der Waals surface area contributed by atoms with Gasteiger partial charge in [-0.25, -0.2) is 4.98 Å². The van der Waals surface area contributed by atoms with Crippen molar-refractivity contribution in [2.75, 3.05) is 29.9 Å². The maximum Gasteiger partial charge on any atom is 0.225 e. The van der Waals surface area contributed by atoms with E-state index in [1.807, 2.05) is 18.2 Å². The van der Waals surface area contributed by atoms with Crippen LogP contribution in [0.5, 0.6) is 0 Å². The number of nitrogens with one attached hydrogen (secondary N) is 1. The van der Waals surface area contributed by atoms with Gasteiger partial charge in [0.1, 0.15) is 5.82 Å². The van der Waals surface area contributed by atoms with Crippen LogP contribution in [0.3, 0.4) is 0 Å². The first-order chi connectivity index (χ1) is 10.3. The summed E-state index contributed by atoms with van der Waals surface area (Å²) in [4.78, 5) is 11.5. The van der Waals surface area contributed by atoms with Crippen molar-refractivity contribution < 1.29 is 5.11 Å². The van der Waals surface area contributed by atoms with Crippen molar-refractivity contribution in [3.8, 4) is 0 Å². The molecule has 1 aliphatic rings. The number of hydrogen-bond donors (Lipinski definition) is 2. The van der Waals surface area contributed by atoms with E-state index in [0.29, 0.717) is 18.5 Å². The molecule has 0 spiro atoms. The molecule has 0 saturated heterocycles. The van der Waals surface area contributed by atoms with Gasteiger partial charge in [-0.05, 0) is 31.4 Å². The van der Waals surface area contributed by atoms with E-state index < -0.39 is 0 Å². The minimum Gasteiger partial charge on any atom is -0.395 e. The Morgan fingerprint density at radius 2 is 2.10 bits per heavy atom. The zero-order valence-electron chi connectivity index (χ0n) is 12.4. The molecular formula is C16H22N4O. The summed E-state index contributed by atoms with van der Waals surface area (Å²) in [6.45, 7) is 3.75. The lowest BCUT2D eigenvalue weighted by Gasteiger charge is -2.24. The van der Waals surface area contributed by atoms with Crippen LogP contribution in [0.25, 0.3) is 10.9 Å². The first kappa shape index (κ1) is 14.1. The number of anilines is 2. The normalized spacial score (nSPS) is 14.4. The zero-order chi connectivity index (χ0) is 14.7. The summed E-state index contributed by atoms with van der Waals surface area (Å²) < 4.78 is 0. The molecule has 2 aromatic rings. The molecule has 1 aromatic heterocycles. The van der Waals surface area contributed by atoms with Crippen LogP contribution in [-0.2, 0) is 0 Å². The lowest BCUT2D eigenvalue weighted by atomic mass is 10.2. The van der Waals surface area contributed by atoms with Gasteiger partial charge < -0.3 is 15.3 Å². The number of hydrogen-bond acceptors (Lipinski definition) is 5. The Hall–Kier alpha value is -1.88. The Morgan fingerprint density at radius 3 is 2.81 bits per heavy atom. The smallest absolute Gasteiger partial charge is 0.225 e. The SMILES string of the molecule is CCCNc1nc(N(CCO)C2CC2)c2ccccc2n1. The predicted molar refractivity (Wildman–Crippen MR) is 85.8 cm³/mol. The number of fused-ring (bicyclic) bond motifs is 1. The van der Waals surface area contributed by atoms with E-state index >= 15 is 0 Å². The van der Waals surface area contributed by atoms with Crippen LogP contribution in [-0.4, -0.2) is 40.8 Å². The van der Waals surface area contributed by atoms with E-state index in [1.54, 1.807) is 0 Å². The van der Waals surface area contributed by atoms with Crippen LogP contribution in [0, 0.1) is 0 Å². The van der Waals surface area contributed by atoms with E-state index in [0.717, 1.165) is 29.7 Å². The number of nitrogens with zero attached hydrogens (tertiary/aromatic N) is 3. The second-order valence-electron chi connectivity index (χ2n) is 5.46. The molecule has 1 saturated carbocycles.